The number of ether oxygens (including phenoxy) is 2. The van der Waals surface area contributed by atoms with Crippen LogP contribution in [0.4, 0.5) is 0 Å². The van der Waals surface area contributed by atoms with E-state index in [1.54, 1.807) is 55.5 Å². The largest absolute Gasteiger partial charge is 0.490 e. The average Bonchev–Trinajstić information content (AvgIpc) is 2.76. The van der Waals surface area contributed by atoms with Gasteiger partial charge in [-0.2, -0.15) is 13.5 Å². The number of nitrogens with one attached hydrogen (secondary N) is 1. The van der Waals surface area contributed by atoms with Crippen LogP contribution in [0.3, 0.4) is 0 Å². The summed E-state index contributed by atoms with van der Waals surface area (Å²) >= 11 is 0. The van der Waals surface area contributed by atoms with E-state index in [4.69, 9.17) is 9.47 Å². The number of hydrazone groups is 1. The standard InChI is InChI=1S/C23H22N2O5S/c1-3-29-22-15-18(16-24-25-31(27,28)20-7-5-4-6-8-20)11-14-21(22)30-23(26)19-12-9-17(2)10-13-19/h4-16,25H,3H2,1-2H3/b24-16+. The molecule has 0 atom stereocenters. The van der Waals surface area contributed by atoms with Crippen LogP contribution in [0.5, 0.6) is 11.5 Å². The lowest BCUT2D eigenvalue weighted by Crippen LogP contribution is -2.18. The Labute approximate surface area is 181 Å². The third-order valence-electron chi connectivity index (χ3n) is 4.20. The second-order valence-corrected chi connectivity index (χ2v) is 8.22. The van der Waals surface area contributed by atoms with Crippen molar-refractivity contribution in [1.82, 2.24) is 4.83 Å². The third kappa shape index (κ3) is 5.93. The number of carbonyl (C=O) groups is 1. The van der Waals surface area contributed by atoms with Crippen LogP contribution >= 0.6 is 0 Å². The second kappa shape index (κ2) is 9.90. The van der Waals surface area contributed by atoms with Gasteiger partial charge in [-0.05, 0) is 61.9 Å². The van der Waals surface area contributed by atoms with Gasteiger partial charge in [-0.25, -0.2) is 9.63 Å². The maximum absolute atomic E-state index is 12.4. The molecule has 0 aliphatic rings. The SMILES string of the molecule is CCOc1cc(/C=N/NS(=O)(=O)c2ccccc2)ccc1OC(=O)c1ccc(C)cc1. The van der Waals surface area contributed by atoms with Crippen molar-refractivity contribution in [2.45, 2.75) is 18.7 Å². The Morgan fingerprint density at radius 2 is 1.71 bits per heavy atom. The molecule has 1 N–H and O–H groups in total. The van der Waals surface area contributed by atoms with Crippen molar-refractivity contribution in [2.75, 3.05) is 6.61 Å². The van der Waals surface area contributed by atoms with Crippen LogP contribution in [-0.2, 0) is 10.0 Å². The molecule has 31 heavy (non-hydrogen) atoms. The predicted molar refractivity (Wildman–Crippen MR) is 118 cm³/mol. The van der Waals surface area contributed by atoms with E-state index in [-0.39, 0.29) is 10.6 Å². The normalized spacial score (nSPS) is 11.3. The lowest BCUT2D eigenvalue weighted by atomic mass is 10.1. The highest BCUT2D eigenvalue weighted by atomic mass is 32.2. The lowest BCUT2D eigenvalue weighted by Gasteiger charge is -2.11. The molecule has 0 amide bonds. The zero-order chi connectivity index (χ0) is 22.3. The number of sulfonamides is 1. The molecule has 8 heteroatoms. The number of hydrogen-bond acceptors (Lipinski definition) is 6. The quantitative estimate of drug-likeness (QED) is 0.249. The molecule has 0 heterocycles. The van der Waals surface area contributed by atoms with Gasteiger partial charge in [-0.15, -0.1) is 0 Å². The Kier molecular flexibility index (Phi) is 7.04. The molecule has 0 saturated heterocycles. The Hall–Kier alpha value is -3.65. The lowest BCUT2D eigenvalue weighted by molar-refractivity contribution is 0.0728. The maximum atomic E-state index is 12.4. The first-order chi connectivity index (χ1) is 14.9. The fourth-order valence-electron chi connectivity index (χ4n) is 2.63. The van der Waals surface area contributed by atoms with Gasteiger partial charge in [0, 0.05) is 0 Å². The zero-order valence-electron chi connectivity index (χ0n) is 17.1. The van der Waals surface area contributed by atoms with Gasteiger partial charge < -0.3 is 9.47 Å². The predicted octanol–water partition coefficient (Wildman–Crippen LogP) is 3.93. The first-order valence-corrected chi connectivity index (χ1v) is 11.0. The average molecular weight is 439 g/mol. The summed E-state index contributed by atoms with van der Waals surface area (Å²) in [6.07, 6.45) is 1.34. The summed E-state index contributed by atoms with van der Waals surface area (Å²) in [7, 11) is -3.76. The Balaban J connectivity index is 1.74. The molecular formula is C23H22N2O5S. The van der Waals surface area contributed by atoms with Crippen molar-refractivity contribution in [3.8, 4) is 11.5 Å². The highest BCUT2D eigenvalue weighted by Gasteiger charge is 2.14. The number of carbonyl (C=O) groups excluding carboxylic acids is 1. The van der Waals surface area contributed by atoms with E-state index in [2.05, 4.69) is 9.93 Å². The molecule has 0 unspecified atom stereocenters. The van der Waals surface area contributed by atoms with E-state index in [0.29, 0.717) is 23.5 Å². The molecule has 3 aromatic rings. The van der Waals surface area contributed by atoms with Crippen LogP contribution in [0.15, 0.2) is 82.8 Å². The molecule has 160 valence electrons. The van der Waals surface area contributed by atoms with Crippen molar-refractivity contribution >= 4 is 22.2 Å². The summed E-state index contributed by atoms with van der Waals surface area (Å²) in [6.45, 7) is 4.10. The van der Waals surface area contributed by atoms with E-state index >= 15 is 0 Å². The Bertz CT molecular complexity index is 1170. The minimum absolute atomic E-state index is 0.112. The molecule has 0 fully saturated rings. The van der Waals surface area contributed by atoms with Crippen LogP contribution in [0.25, 0.3) is 0 Å². The summed E-state index contributed by atoms with van der Waals surface area (Å²) < 4.78 is 35.5. The van der Waals surface area contributed by atoms with Crippen molar-refractivity contribution < 1.29 is 22.7 Å². The molecule has 0 aromatic heterocycles. The van der Waals surface area contributed by atoms with E-state index in [9.17, 15) is 13.2 Å². The monoisotopic (exact) mass is 438 g/mol. The first-order valence-electron chi connectivity index (χ1n) is 9.54. The molecule has 0 spiro atoms. The third-order valence-corrected chi connectivity index (χ3v) is 5.44. The van der Waals surface area contributed by atoms with Crippen molar-refractivity contribution in [1.29, 1.82) is 0 Å². The summed E-state index contributed by atoms with van der Waals surface area (Å²) in [5.41, 5.74) is 2.03. The minimum Gasteiger partial charge on any atom is -0.490 e. The number of benzene rings is 3. The van der Waals surface area contributed by atoms with Crippen LogP contribution in [0.2, 0.25) is 0 Å². The molecule has 7 nitrogen and oxygen atoms in total. The highest BCUT2D eigenvalue weighted by Crippen LogP contribution is 2.29. The van der Waals surface area contributed by atoms with Gasteiger partial charge in [0.25, 0.3) is 10.0 Å². The fraction of sp³-hybridized carbons (Fsp3) is 0.130. The van der Waals surface area contributed by atoms with Crippen molar-refractivity contribution in [3.05, 3.63) is 89.5 Å². The number of nitrogens with zero attached hydrogens (tertiary/aromatic N) is 1. The van der Waals surface area contributed by atoms with E-state index < -0.39 is 16.0 Å². The van der Waals surface area contributed by atoms with Crippen LogP contribution in [-0.4, -0.2) is 27.2 Å². The van der Waals surface area contributed by atoms with Gasteiger partial charge >= 0.3 is 5.97 Å². The van der Waals surface area contributed by atoms with Crippen molar-refractivity contribution in [2.24, 2.45) is 5.10 Å². The number of aryl methyl sites for hydroxylation is 1. The van der Waals surface area contributed by atoms with Crippen LogP contribution in [0.1, 0.15) is 28.4 Å². The Morgan fingerprint density at radius 1 is 1.00 bits per heavy atom. The van der Waals surface area contributed by atoms with E-state index in [1.165, 1.54) is 18.3 Å². The molecule has 3 aromatic carbocycles. The van der Waals surface area contributed by atoms with Gasteiger partial charge in [-0.3, -0.25) is 0 Å². The minimum atomic E-state index is -3.76. The highest BCUT2D eigenvalue weighted by molar-refractivity contribution is 7.89. The summed E-state index contributed by atoms with van der Waals surface area (Å²) in [5, 5.41) is 3.81. The zero-order valence-corrected chi connectivity index (χ0v) is 17.9. The van der Waals surface area contributed by atoms with Gasteiger partial charge in [0.1, 0.15) is 0 Å². The summed E-state index contributed by atoms with van der Waals surface area (Å²) in [4.78, 5) is 14.7. The fourth-order valence-corrected chi connectivity index (χ4v) is 3.44. The number of hydrogen-bond donors (Lipinski definition) is 1. The van der Waals surface area contributed by atoms with Gasteiger partial charge in [-0.1, -0.05) is 35.9 Å². The van der Waals surface area contributed by atoms with Crippen LogP contribution < -0.4 is 14.3 Å². The number of rotatable bonds is 8. The Morgan fingerprint density at radius 3 is 2.39 bits per heavy atom. The van der Waals surface area contributed by atoms with E-state index in [0.717, 1.165) is 5.56 Å². The van der Waals surface area contributed by atoms with E-state index in [1.807, 2.05) is 19.1 Å². The molecule has 0 bridgehead atoms. The molecule has 0 aliphatic heterocycles. The topological polar surface area (TPSA) is 94.1 Å². The van der Waals surface area contributed by atoms with Gasteiger partial charge in [0.05, 0.1) is 23.3 Å². The van der Waals surface area contributed by atoms with Gasteiger partial charge in [0.2, 0.25) is 0 Å². The van der Waals surface area contributed by atoms with Gasteiger partial charge in [0.15, 0.2) is 11.5 Å². The first kappa shape index (κ1) is 22.0. The molecule has 3 rings (SSSR count). The maximum Gasteiger partial charge on any atom is 0.343 e. The summed E-state index contributed by atoms with van der Waals surface area (Å²) in [5.74, 6) is 0.102. The van der Waals surface area contributed by atoms with Crippen LogP contribution in [0, 0.1) is 6.92 Å². The summed E-state index contributed by atoms with van der Waals surface area (Å²) in [6, 6.07) is 19.8. The molecule has 0 radical (unpaired) electrons. The molecule has 0 saturated carbocycles. The molecular weight excluding hydrogens is 416 g/mol. The second-order valence-electron chi connectivity index (χ2n) is 6.56. The smallest absolute Gasteiger partial charge is 0.343 e. The number of esters is 1. The molecule has 0 aliphatic carbocycles. The van der Waals surface area contributed by atoms with Crippen molar-refractivity contribution in [3.63, 3.8) is 0 Å².